The molecule has 0 aliphatic heterocycles. The van der Waals surface area contributed by atoms with Crippen molar-refractivity contribution in [2.45, 2.75) is 13.8 Å². The molecule has 0 amide bonds. The van der Waals surface area contributed by atoms with Gasteiger partial charge in [0.25, 0.3) is 0 Å². The van der Waals surface area contributed by atoms with Gasteiger partial charge in [-0.2, -0.15) is 0 Å². The van der Waals surface area contributed by atoms with Crippen molar-refractivity contribution < 1.29 is 21.1 Å². The Balaban J connectivity index is 0.000000771. The minimum Gasteiger partial charge on any atom is -0.693 e. The standard InChI is InChI=1S/C13H8N3.C2H6.CH3.H2N.Pt/c1-3-7-11-9(5-1)14-13-15-10-6-2-4-8-12(10)16(11)13;1-2;;;/h1-8H;1-2H3;1H3;1H2;/q-1;;2*-1;. The summed E-state index contributed by atoms with van der Waals surface area (Å²) in [5.74, 6) is 0.780. The van der Waals surface area contributed by atoms with Crippen LogP contribution in [0.2, 0.25) is 0 Å². The summed E-state index contributed by atoms with van der Waals surface area (Å²) in [7, 11) is 0. The number of para-hydroxylation sites is 4. The van der Waals surface area contributed by atoms with Crippen molar-refractivity contribution in [3.63, 3.8) is 0 Å². The van der Waals surface area contributed by atoms with Crippen LogP contribution < -0.4 is 4.98 Å². The summed E-state index contributed by atoms with van der Waals surface area (Å²) in [5, 5.41) is 0. The molecule has 0 aliphatic carbocycles. The fourth-order valence-electron chi connectivity index (χ4n) is 2.18. The van der Waals surface area contributed by atoms with Gasteiger partial charge >= 0.3 is 0 Å². The van der Waals surface area contributed by atoms with Gasteiger partial charge in [-0.25, -0.2) is 0 Å². The van der Waals surface area contributed by atoms with E-state index in [1.165, 1.54) is 0 Å². The SMILES string of the molecule is CC.[CH3-].[NH2-].[Pt].c1ccc2c(c1)nc1[n-]c3ccccc3n12. The third kappa shape index (κ3) is 3.02. The maximum atomic E-state index is 4.50. The summed E-state index contributed by atoms with van der Waals surface area (Å²) in [6.45, 7) is 4.00. The van der Waals surface area contributed by atoms with Crippen molar-refractivity contribution in [3.8, 4) is 0 Å². The Hall–Kier alpha value is -1.64. The van der Waals surface area contributed by atoms with Crippen LogP contribution in [-0.4, -0.2) is 9.38 Å². The Bertz CT molecular complexity index is 751. The number of rotatable bonds is 0. The molecule has 5 heteroatoms. The molecule has 2 heterocycles. The van der Waals surface area contributed by atoms with Gasteiger partial charge in [0.1, 0.15) is 0 Å². The van der Waals surface area contributed by atoms with Gasteiger partial charge in [0.05, 0.1) is 0 Å². The van der Waals surface area contributed by atoms with Gasteiger partial charge in [0.15, 0.2) is 0 Å². The first-order valence-electron chi connectivity index (χ1n) is 6.22. The van der Waals surface area contributed by atoms with E-state index in [0.717, 1.165) is 27.8 Å². The Kier molecular flexibility index (Phi) is 7.34. The van der Waals surface area contributed by atoms with E-state index in [4.69, 9.17) is 0 Å². The number of aromatic nitrogens is 3. The van der Waals surface area contributed by atoms with Crippen LogP contribution in [0.3, 0.4) is 0 Å². The average molecular weight is 462 g/mol. The molecule has 2 N–H and O–H groups in total. The van der Waals surface area contributed by atoms with Crippen LogP contribution in [0, 0.1) is 7.43 Å². The van der Waals surface area contributed by atoms with Crippen LogP contribution in [0.5, 0.6) is 0 Å². The third-order valence-corrected chi connectivity index (χ3v) is 2.89. The number of hydrogen-bond donors (Lipinski definition) is 0. The van der Waals surface area contributed by atoms with Crippen molar-refractivity contribution in [1.82, 2.24) is 14.4 Å². The summed E-state index contributed by atoms with van der Waals surface area (Å²) in [5.41, 5.74) is 4.23. The van der Waals surface area contributed by atoms with Crippen LogP contribution in [0.4, 0.5) is 0 Å². The predicted octanol–water partition coefficient (Wildman–Crippen LogP) is 4.79. The molecule has 116 valence electrons. The summed E-state index contributed by atoms with van der Waals surface area (Å²) in [6.07, 6.45) is 0. The maximum Gasteiger partial charge on any atom is 0.0273 e. The van der Waals surface area contributed by atoms with E-state index in [2.05, 4.69) is 26.5 Å². The molecule has 4 nitrogen and oxygen atoms in total. The summed E-state index contributed by atoms with van der Waals surface area (Å²) < 4.78 is 2.10. The molecule has 0 spiro atoms. The van der Waals surface area contributed by atoms with E-state index in [-0.39, 0.29) is 34.6 Å². The van der Waals surface area contributed by atoms with Gasteiger partial charge in [-0.3, -0.25) is 0 Å². The van der Waals surface area contributed by atoms with Gasteiger partial charge < -0.3 is 27.9 Å². The zero-order valence-electron chi connectivity index (χ0n) is 12.4. The third-order valence-electron chi connectivity index (χ3n) is 2.89. The number of nitrogens with two attached hydrogens (primary N) is 1. The molecule has 0 saturated carbocycles. The zero-order chi connectivity index (χ0) is 12.5. The van der Waals surface area contributed by atoms with Crippen molar-refractivity contribution in [2.75, 3.05) is 0 Å². The van der Waals surface area contributed by atoms with E-state index in [1.54, 1.807) is 0 Å². The molecule has 0 radical (unpaired) electrons. The Morgan fingerprint density at radius 1 is 0.905 bits per heavy atom. The molecule has 0 bridgehead atoms. The zero-order valence-corrected chi connectivity index (χ0v) is 14.6. The van der Waals surface area contributed by atoms with E-state index < -0.39 is 0 Å². The Morgan fingerprint density at radius 3 is 2.19 bits per heavy atom. The molecule has 4 rings (SSSR count). The van der Waals surface area contributed by atoms with E-state index in [1.807, 2.05) is 50.2 Å². The topological polar surface area (TPSA) is 64.9 Å². The number of hydrogen-bond acceptors (Lipinski definition) is 1. The molecular weight excluding hydrogens is 443 g/mol. The van der Waals surface area contributed by atoms with Crippen LogP contribution in [-0.2, 0) is 21.1 Å². The van der Waals surface area contributed by atoms with Crippen molar-refractivity contribution in [2.24, 2.45) is 0 Å². The summed E-state index contributed by atoms with van der Waals surface area (Å²) in [4.78, 5) is 9.01. The van der Waals surface area contributed by atoms with Crippen LogP contribution >= 0.6 is 0 Å². The number of nitrogens with zero attached hydrogens (tertiary/aromatic N) is 3. The normalized spacial score (nSPS) is 9.24. The van der Waals surface area contributed by atoms with E-state index in [0.29, 0.717) is 0 Å². The maximum absolute atomic E-state index is 4.50. The van der Waals surface area contributed by atoms with Gasteiger partial charge in [-0.15, -0.1) is 0 Å². The minimum absolute atomic E-state index is 0. The van der Waals surface area contributed by atoms with Gasteiger partial charge in [-0.05, 0) is 0 Å². The van der Waals surface area contributed by atoms with E-state index in [9.17, 15) is 0 Å². The molecule has 21 heavy (non-hydrogen) atoms. The molecule has 0 unspecified atom stereocenters. The molecule has 0 fully saturated rings. The monoisotopic (exact) mass is 462 g/mol. The molecule has 4 aromatic rings. The van der Waals surface area contributed by atoms with Gasteiger partial charge in [-0.1, -0.05) is 62.4 Å². The fraction of sp³-hybridized carbons (Fsp3) is 0.125. The van der Waals surface area contributed by atoms with E-state index >= 15 is 0 Å². The first-order chi connectivity index (χ1) is 8.93. The Labute approximate surface area is 139 Å². The second kappa shape index (κ2) is 7.96. The first kappa shape index (κ1) is 19.4. The Morgan fingerprint density at radius 2 is 1.48 bits per heavy atom. The number of fused-ring (bicyclic) bond motifs is 5. The minimum atomic E-state index is 0. The van der Waals surface area contributed by atoms with Crippen LogP contribution in [0.25, 0.3) is 34.0 Å². The largest absolute Gasteiger partial charge is 0.693 e. The predicted molar refractivity (Wildman–Crippen MR) is 86.6 cm³/mol. The fourth-order valence-corrected chi connectivity index (χ4v) is 2.18. The average Bonchev–Trinajstić information content (AvgIpc) is 2.96. The van der Waals surface area contributed by atoms with Crippen LogP contribution in [0.15, 0.2) is 48.5 Å². The molecule has 0 aliphatic rings. The second-order valence-electron chi connectivity index (χ2n) is 3.84. The second-order valence-corrected chi connectivity index (χ2v) is 3.84. The summed E-state index contributed by atoms with van der Waals surface area (Å²) in [6, 6.07) is 16.2. The number of imidazole rings is 2. The first-order valence-corrected chi connectivity index (χ1v) is 6.22. The smallest absolute Gasteiger partial charge is 0.0273 e. The quantitative estimate of drug-likeness (QED) is 0.353. The van der Waals surface area contributed by atoms with Crippen molar-refractivity contribution in [3.05, 3.63) is 62.1 Å². The molecule has 0 saturated heterocycles. The van der Waals surface area contributed by atoms with Gasteiger partial charge in [0, 0.05) is 48.9 Å². The van der Waals surface area contributed by atoms with Crippen LogP contribution in [0.1, 0.15) is 13.8 Å². The number of benzene rings is 2. The molecule has 2 aromatic carbocycles. The van der Waals surface area contributed by atoms with Crippen molar-refractivity contribution >= 4 is 27.8 Å². The summed E-state index contributed by atoms with van der Waals surface area (Å²) >= 11 is 0. The molecular formula is C16H19N4Pt-3. The molecule has 2 aromatic heterocycles. The van der Waals surface area contributed by atoms with Gasteiger partial charge in [0.2, 0.25) is 0 Å². The molecule has 0 atom stereocenters. The van der Waals surface area contributed by atoms with Crippen molar-refractivity contribution in [1.29, 1.82) is 0 Å².